The summed E-state index contributed by atoms with van der Waals surface area (Å²) in [6, 6.07) is 8.72. The summed E-state index contributed by atoms with van der Waals surface area (Å²) in [6.45, 7) is 2.50. The van der Waals surface area contributed by atoms with E-state index in [1.54, 1.807) is 41.5 Å². The smallest absolute Gasteiger partial charge is 0.261 e. The lowest BCUT2D eigenvalue weighted by Gasteiger charge is -2.16. The summed E-state index contributed by atoms with van der Waals surface area (Å²) < 4.78 is 5.24. The molecule has 118 valence electrons. The fraction of sp³-hybridized carbons (Fsp3) is 0.176. The van der Waals surface area contributed by atoms with Crippen molar-refractivity contribution in [1.29, 1.82) is 0 Å². The van der Waals surface area contributed by atoms with Gasteiger partial charge in [-0.1, -0.05) is 0 Å². The molecule has 6 heteroatoms. The molecule has 0 saturated carbocycles. The van der Waals surface area contributed by atoms with Gasteiger partial charge in [-0.2, -0.15) is 0 Å². The number of rotatable bonds is 4. The Balaban J connectivity index is 1.82. The van der Waals surface area contributed by atoms with E-state index in [2.05, 4.69) is 4.98 Å². The molecule has 23 heavy (non-hydrogen) atoms. The van der Waals surface area contributed by atoms with E-state index in [0.29, 0.717) is 18.0 Å². The molecule has 1 N–H and O–H groups in total. The number of hydrogen-bond acceptors (Lipinski definition) is 4. The molecule has 3 aromatic heterocycles. The summed E-state index contributed by atoms with van der Waals surface area (Å²) in [7, 11) is 1.70. The van der Waals surface area contributed by atoms with Crippen LogP contribution in [0.4, 0.5) is 0 Å². The van der Waals surface area contributed by atoms with Gasteiger partial charge in [0, 0.05) is 11.9 Å². The normalized spacial score (nSPS) is 10.7. The van der Waals surface area contributed by atoms with Crippen molar-refractivity contribution in [3.8, 4) is 11.5 Å². The summed E-state index contributed by atoms with van der Waals surface area (Å²) in [5, 5.41) is 1.99. The number of nitrogens with one attached hydrogen (secondary N) is 1. The lowest BCUT2D eigenvalue weighted by Crippen LogP contribution is -2.31. The van der Waals surface area contributed by atoms with Gasteiger partial charge in [-0.3, -0.25) is 9.59 Å². The Morgan fingerprint density at radius 3 is 2.74 bits per heavy atom. The van der Waals surface area contributed by atoms with Crippen LogP contribution in [0.5, 0.6) is 0 Å². The highest BCUT2D eigenvalue weighted by Crippen LogP contribution is 2.19. The first-order chi connectivity index (χ1) is 11.1. The lowest BCUT2D eigenvalue weighted by atomic mass is 10.2. The van der Waals surface area contributed by atoms with Crippen LogP contribution in [0.3, 0.4) is 0 Å². The number of carbonyl (C=O) groups excluding carboxylic acids is 1. The maximum atomic E-state index is 12.5. The van der Waals surface area contributed by atoms with E-state index in [1.807, 2.05) is 18.4 Å². The van der Waals surface area contributed by atoms with Gasteiger partial charge in [-0.15, -0.1) is 11.3 Å². The number of H-pyrrole nitrogens is 1. The number of thiophene rings is 1. The van der Waals surface area contributed by atoms with Crippen molar-refractivity contribution in [2.24, 2.45) is 0 Å². The van der Waals surface area contributed by atoms with Crippen molar-refractivity contribution in [1.82, 2.24) is 9.88 Å². The van der Waals surface area contributed by atoms with Crippen molar-refractivity contribution < 1.29 is 9.21 Å². The quantitative estimate of drug-likeness (QED) is 0.799. The van der Waals surface area contributed by atoms with E-state index in [9.17, 15) is 9.59 Å². The zero-order valence-electron chi connectivity index (χ0n) is 12.8. The number of aromatic amines is 1. The van der Waals surface area contributed by atoms with E-state index in [-0.39, 0.29) is 11.5 Å². The largest absolute Gasteiger partial charge is 0.463 e. The van der Waals surface area contributed by atoms with Gasteiger partial charge < -0.3 is 14.3 Å². The van der Waals surface area contributed by atoms with Crippen molar-refractivity contribution in [2.45, 2.75) is 13.5 Å². The van der Waals surface area contributed by atoms with E-state index in [1.165, 1.54) is 12.3 Å². The predicted octanol–water partition coefficient (Wildman–Crippen LogP) is 3.28. The highest BCUT2D eigenvalue weighted by atomic mass is 32.1. The van der Waals surface area contributed by atoms with Gasteiger partial charge in [-0.05, 0) is 48.2 Å². The van der Waals surface area contributed by atoms with Crippen LogP contribution in [-0.2, 0) is 6.54 Å². The molecule has 0 bridgehead atoms. The van der Waals surface area contributed by atoms with Crippen LogP contribution in [0.25, 0.3) is 11.5 Å². The van der Waals surface area contributed by atoms with Crippen molar-refractivity contribution in [3.05, 3.63) is 68.3 Å². The molecule has 0 unspecified atom stereocenters. The molecule has 5 nitrogen and oxygen atoms in total. The monoisotopic (exact) mass is 328 g/mol. The Morgan fingerprint density at radius 2 is 2.13 bits per heavy atom. The first kappa shape index (κ1) is 15.3. The summed E-state index contributed by atoms with van der Waals surface area (Å²) in [6.07, 6.45) is 1.53. The third kappa shape index (κ3) is 3.12. The van der Waals surface area contributed by atoms with E-state index >= 15 is 0 Å². The molecule has 3 aromatic rings. The molecule has 0 aliphatic carbocycles. The minimum Gasteiger partial charge on any atom is -0.463 e. The van der Waals surface area contributed by atoms with Gasteiger partial charge in [0.1, 0.15) is 11.3 Å². The first-order valence-corrected chi connectivity index (χ1v) is 8.00. The highest BCUT2D eigenvalue weighted by Gasteiger charge is 2.17. The molecule has 0 spiro atoms. The Labute approximate surface area is 137 Å². The zero-order valence-corrected chi connectivity index (χ0v) is 13.6. The van der Waals surface area contributed by atoms with Crippen LogP contribution in [0.2, 0.25) is 0 Å². The standard InChI is InChI=1S/C17H16N2O3S/c1-11-7-9-23-15(11)10-19(2)17(21)12-5-6-13(18-16(12)20)14-4-3-8-22-14/h3-9H,10H2,1-2H3,(H,18,20). The Morgan fingerprint density at radius 1 is 1.30 bits per heavy atom. The van der Waals surface area contributed by atoms with Gasteiger partial charge >= 0.3 is 0 Å². The second-order valence-electron chi connectivity index (χ2n) is 5.28. The lowest BCUT2D eigenvalue weighted by molar-refractivity contribution is 0.0784. The molecule has 0 aliphatic rings. The van der Waals surface area contributed by atoms with Gasteiger partial charge in [0.25, 0.3) is 11.5 Å². The van der Waals surface area contributed by atoms with Gasteiger partial charge in [0.15, 0.2) is 0 Å². The Hall–Kier alpha value is -2.60. The van der Waals surface area contributed by atoms with Gasteiger partial charge in [-0.25, -0.2) is 0 Å². The Bertz CT molecular complexity index is 877. The van der Waals surface area contributed by atoms with Crippen molar-refractivity contribution >= 4 is 17.2 Å². The van der Waals surface area contributed by atoms with Crippen LogP contribution in [0.1, 0.15) is 20.8 Å². The molecule has 0 atom stereocenters. The maximum absolute atomic E-state index is 12.5. The molecule has 3 heterocycles. The third-order valence-corrected chi connectivity index (χ3v) is 4.63. The number of amides is 1. The molecule has 3 rings (SSSR count). The first-order valence-electron chi connectivity index (χ1n) is 7.12. The van der Waals surface area contributed by atoms with Crippen LogP contribution in [0.15, 0.2) is 51.2 Å². The fourth-order valence-corrected chi connectivity index (χ4v) is 3.24. The number of furan rings is 1. The van der Waals surface area contributed by atoms with Gasteiger partial charge in [0.2, 0.25) is 0 Å². The van der Waals surface area contributed by atoms with E-state index in [0.717, 1.165) is 10.4 Å². The molecule has 0 aromatic carbocycles. The highest BCUT2D eigenvalue weighted by molar-refractivity contribution is 7.10. The molecule has 0 fully saturated rings. The van der Waals surface area contributed by atoms with Crippen LogP contribution in [0, 0.1) is 6.92 Å². The second-order valence-corrected chi connectivity index (χ2v) is 6.28. The molecule has 0 aliphatic heterocycles. The average Bonchev–Trinajstić information content (AvgIpc) is 3.19. The molecular formula is C17H16N2O3S. The number of aryl methyl sites for hydroxylation is 1. The number of aromatic nitrogens is 1. The average molecular weight is 328 g/mol. The summed E-state index contributed by atoms with van der Waals surface area (Å²) in [4.78, 5) is 30.1. The molecule has 0 radical (unpaired) electrons. The third-order valence-electron chi connectivity index (χ3n) is 3.62. The summed E-state index contributed by atoms with van der Waals surface area (Å²) >= 11 is 1.60. The van der Waals surface area contributed by atoms with Crippen molar-refractivity contribution in [2.75, 3.05) is 7.05 Å². The molecule has 1 amide bonds. The van der Waals surface area contributed by atoms with Crippen LogP contribution >= 0.6 is 11.3 Å². The predicted molar refractivity (Wildman–Crippen MR) is 89.6 cm³/mol. The summed E-state index contributed by atoms with van der Waals surface area (Å²) in [5.74, 6) is 0.258. The maximum Gasteiger partial charge on any atom is 0.261 e. The summed E-state index contributed by atoms with van der Waals surface area (Å²) in [5.41, 5.74) is 1.40. The SMILES string of the molecule is Cc1ccsc1CN(C)C(=O)c1ccc(-c2ccco2)[nH]c1=O. The van der Waals surface area contributed by atoms with E-state index in [4.69, 9.17) is 4.42 Å². The fourth-order valence-electron chi connectivity index (χ4n) is 2.28. The second kappa shape index (κ2) is 6.26. The molecule has 0 saturated heterocycles. The van der Waals surface area contributed by atoms with Crippen molar-refractivity contribution in [3.63, 3.8) is 0 Å². The Kier molecular flexibility index (Phi) is 4.16. The number of carbonyl (C=O) groups is 1. The van der Waals surface area contributed by atoms with E-state index < -0.39 is 5.56 Å². The number of hydrogen-bond donors (Lipinski definition) is 1. The minimum atomic E-state index is -0.418. The van der Waals surface area contributed by atoms with Crippen LogP contribution < -0.4 is 5.56 Å². The topological polar surface area (TPSA) is 66.3 Å². The molecular weight excluding hydrogens is 312 g/mol. The minimum absolute atomic E-state index is 0.122. The number of pyridine rings is 1. The zero-order chi connectivity index (χ0) is 16.4. The van der Waals surface area contributed by atoms with Crippen LogP contribution in [-0.4, -0.2) is 22.8 Å². The van der Waals surface area contributed by atoms with Gasteiger partial charge in [0.05, 0.1) is 18.5 Å². The number of nitrogens with zero attached hydrogens (tertiary/aromatic N) is 1.